The van der Waals surface area contributed by atoms with E-state index < -0.39 is 0 Å². The van der Waals surface area contributed by atoms with Gasteiger partial charge in [0, 0.05) is 23.0 Å². The van der Waals surface area contributed by atoms with Crippen molar-refractivity contribution < 1.29 is 4.74 Å². The van der Waals surface area contributed by atoms with Crippen molar-refractivity contribution >= 4 is 29.3 Å². The van der Waals surface area contributed by atoms with E-state index in [1.165, 1.54) is 0 Å². The minimum absolute atomic E-state index is 0.487. The fraction of sp³-hybridized carbons (Fsp3) is 0.0769. The Balaban J connectivity index is 2.64. The van der Waals surface area contributed by atoms with Crippen molar-refractivity contribution in [2.45, 2.75) is 0 Å². The van der Waals surface area contributed by atoms with E-state index in [9.17, 15) is 0 Å². The summed E-state index contributed by atoms with van der Waals surface area (Å²) >= 11 is 12.2. The molecule has 0 saturated carbocycles. The zero-order valence-electron chi connectivity index (χ0n) is 9.26. The van der Waals surface area contributed by atoms with Gasteiger partial charge in [-0.2, -0.15) is 0 Å². The predicted molar refractivity (Wildman–Crippen MR) is 72.9 cm³/mol. The molecule has 0 aliphatic rings. The van der Waals surface area contributed by atoms with Crippen molar-refractivity contribution in [2.75, 3.05) is 7.11 Å². The molecule has 0 amide bonds. The zero-order valence-corrected chi connectivity index (χ0v) is 10.8. The topological polar surface area (TPSA) is 25.0 Å². The molecule has 0 saturated heterocycles. The first-order chi connectivity index (χ1) is 8.17. The van der Waals surface area contributed by atoms with Gasteiger partial charge in [-0.1, -0.05) is 29.8 Å². The highest BCUT2D eigenvalue weighted by Crippen LogP contribution is 2.40. The number of hydrogen-bond acceptors (Lipinski definition) is 1. The molecule has 88 valence electrons. The molecule has 1 N–H and O–H groups in total. The standard InChI is InChI=1S/C13H11Cl2NO/c1-3-9-6-8(7-16-9)12-11(17-2)5-4-10(14)13(12)15/h3-7,16H,1H2,2H3. The fourth-order valence-electron chi connectivity index (χ4n) is 1.65. The van der Waals surface area contributed by atoms with E-state index in [2.05, 4.69) is 11.6 Å². The fourth-order valence-corrected chi connectivity index (χ4v) is 2.07. The number of ether oxygens (including phenoxy) is 1. The van der Waals surface area contributed by atoms with E-state index in [0.717, 1.165) is 16.8 Å². The van der Waals surface area contributed by atoms with Crippen molar-refractivity contribution in [1.29, 1.82) is 0 Å². The van der Waals surface area contributed by atoms with E-state index >= 15 is 0 Å². The van der Waals surface area contributed by atoms with Crippen molar-refractivity contribution in [3.05, 3.63) is 46.7 Å². The molecular weight excluding hydrogens is 257 g/mol. The van der Waals surface area contributed by atoms with Gasteiger partial charge in [0.1, 0.15) is 5.75 Å². The van der Waals surface area contributed by atoms with Gasteiger partial charge in [0.05, 0.1) is 17.2 Å². The number of rotatable bonds is 3. The van der Waals surface area contributed by atoms with E-state index in [-0.39, 0.29) is 0 Å². The first-order valence-electron chi connectivity index (χ1n) is 5.00. The Morgan fingerprint density at radius 2 is 2.12 bits per heavy atom. The smallest absolute Gasteiger partial charge is 0.128 e. The van der Waals surface area contributed by atoms with Crippen LogP contribution < -0.4 is 4.74 Å². The van der Waals surface area contributed by atoms with Crippen LogP contribution in [0.1, 0.15) is 5.69 Å². The van der Waals surface area contributed by atoms with Crippen LogP contribution in [0.25, 0.3) is 17.2 Å². The second-order valence-electron chi connectivity index (χ2n) is 3.49. The van der Waals surface area contributed by atoms with E-state index in [4.69, 9.17) is 27.9 Å². The Kier molecular flexibility index (Phi) is 3.46. The van der Waals surface area contributed by atoms with Crippen LogP contribution in [0.15, 0.2) is 31.0 Å². The SMILES string of the molecule is C=Cc1cc(-c2c(OC)ccc(Cl)c2Cl)c[nH]1. The van der Waals surface area contributed by atoms with E-state index in [0.29, 0.717) is 15.8 Å². The summed E-state index contributed by atoms with van der Waals surface area (Å²) in [5, 5.41) is 0.990. The van der Waals surface area contributed by atoms with Crippen LogP contribution in [0.4, 0.5) is 0 Å². The Bertz CT molecular complexity index is 561. The minimum Gasteiger partial charge on any atom is -0.496 e. The second-order valence-corrected chi connectivity index (χ2v) is 4.27. The minimum atomic E-state index is 0.487. The Morgan fingerprint density at radius 1 is 1.35 bits per heavy atom. The molecule has 17 heavy (non-hydrogen) atoms. The molecule has 0 unspecified atom stereocenters. The van der Waals surface area contributed by atoms with Crippen LogP contribution in [0.2, 0.25) is 10.0 Å². The normalized spacial score (nSPS) is 10.3. The molecule has 1 heterocycles. The van der Waals surface area contributed by atoms with Crippen LogP contribution in [0, 0.1) is 0 Å². The van der Waals surface area contributed by atoms with Gasteiger partial charge in [0.25, 0.3) is 0 Å². The summed E-state index contributed by atoms with van der Waals surface area (Å²) in [5.74, 6) is 0.689. The number of halogens is 2. The van der Waals surface area contributed by atoms with Crippen molar-refractivity contribution in [3.63, 3.8) is 0 Å². The third kappa shape index (κ3) is 2.19. The van der Waals surface area contributed by atoms with Gasteiger partial charge in [-0.15, -0.1) is 0 Å². The molecule has 2 rings (SSSR count). The molecule has 0 aliphatic carbocycles. The highest BCUT2D eigenvalue weighted by Gasteiger charge is 2.14. The summed E-state index contributed by atoms with van der Waals surface area (Å²) in [7, 11) is 1.60. The number of aromatic amines is 1. The molecule has 4 heteroatoms. The molecule has 0 bridgehead atoms. The summed E-state index contributed by atoms with van der Waals surface area (Å²) in [5.41, 5.74) is 2.62. The lowest BCUT2D eigenvalue weighted by molar-refractivity contribution is 0.416. The number of hydrogen-bond donors (Lipinski definition) is 1. The van der Waals surface area contributed by atoms with Gasteiger partial charge in [-0.05, 0) is 24.3 Å². The molecular formula is C13H11Cl2NO. The molecule has 2 nitrogen and oxygen atoms in total. The maximum absolute atomic E-state index is 6.21. The van der Waals surface area contributed by atoms with E-state index in [1.807, 2.05) is 12.3 Å². The van der Waals surface area contributed by atoms with Gasteiger partial charge >= 0.3 is 0 Å². The lowest BCUT2D eigenvalue weighted by Gasteiger charge is -2.10. The van der Waals surface area contributed by atoms with E-state index in [1.54, 1.807) is 25.3 Å². The Labute approximate surface area is 110 Å². The van der Waals surface area contributed by atoms with Crippen molar-refractivity contribution in [1.82, 2.24) is 4.98 Å². The number of H-pyrrole nitrogens is 1. The average molecular weight is 268 g/mol. The largest absolute Gasteiger partial charge is 0.496 e. The first-order valence-corrected chi connectivity index (χ1v) is 5.76. The van der Waals surface area contributed by atoms with Crippen LogP contribution >= 0.6 is 23.2 Å². The maximum Gasteiger partial charge on any atom is 0.128 e. The Morgan fingerprint density at radius 3 is 2.71 bits per heavy atom. The highest BCUT2D eigenvalue weighted by atomic mass is 35.5. The molecule has 0 aliphatic heterocycles. The third-order valence-corrected chi connectivity index (χ3v) is 3.29. The maximum atomic E-state index is 6.21. The zero-order chi connectivity index (χ0) is 12.4. The highest BCUT2D eigenvalue weighted by molar-refractivity contribution is 6.44. The lowest BCUT2D eigenvalue weighted by Crippen LogP contribution is -1.88. The van der Waals surface area contributed by atoms with Crippen molar-refractivity contribution in [2.24, 2.45) is 0 Å². The molecule has 0 fully saturated rings. The summed E-state index contributed by atoms with van der Waals surface area (Å²) < 4.78 is 5.30. The number of methoxy groups -OCH3 is 1. The number of aromatic nitrogens is 1. The van der Waals surface area contributed by atoms with Gasteiger partial charge < -0.3 is 9.72 Å². The molecule has 1 aromatic carbocycles. The quantitative estimate of drug-likeness (QED) is 0.861. The molecule has 0 spiro atoms. The van der Waals surface area contributed by atoms with Crippen LogP contribution in [0.5, 0.6) is 5.75 Å². The van der Waals surface area contributed by atoms with Crippen LogP contribution in [-0.2, 0) is 0 Å². The van der Waals surface area contributed by atoms with Gasteiger partial charge in [-0.25, -0.2) is 0 Å². The van der Waals surface area contributed by atoms with Crippen LogP contribution in [0.3, 0.4) is 0 Å². The Hall–Kier alpha value is -1.38. The first kappa shape index (κ1) is 12.1. The van der Waals surface area contributed by atoms with Gasteiger partial charge in [0.2, 0.25) is 0 Å². The van der Waals surface area contributed by atoms with Crippen LogP contribution in [-0.4, -0.2) is 12.1 Å². The summed E-state index contributed by atoms with van der Waals surface area (Å²) in [6, 6.07) is 5.45. The summed E-state index contributed by atoms with van der Waals surface area (Å²) in [6.45, 7) is 3.70. The van der Waals surface area contributed by atoms with Crippen molar-refractivity contribution in [3.8, 4) is 16.9 Å². The summed E-state index contributed by atoms with van der Waals surface area (Å²) in [6.07, 6.45) is 3.57. The molecule has 1 aromatic heterocycles. The number of benzene rings is 1. The molecule has 0 atom stereocenters. The summed E-state index contributed by atoms with van der Waals surface area (Å²) in [4.78, 5) is 3.08. The van der Waals surface area contributed by atoms with Gasteiger partial charge in [0.15, 0.2) is 0 Å². The average Bonchev–Trinajstić information content (AvgIpc) is 2.80. The molecule has 0 radical (unpaired) electrons. The second kappa shape index (κ2) is 4.86. The van der Waals surface area contributed by atoms with Gasteiger partial charge in [-0.3, -0.25) is 0 Å². The monoisotopic (exact) mass is 267 g/mol. The number of nitrogens with one attached hydrogen (secondary N) is 1. The predicted octanol–water partition coefficient (Wildman–Crippen LogP) is 4.64. The third-order valence-electron chi connectivity index (χ3n) is 2.49. The lowest BCUT2D eigenvalue weighted by atomic mass is 10.1. The molecule has 2 aromatic rings.